The SMILES string of the molecule is CNC(=O)C1CCCCN1C(c1ccccn1)C(C)N. The number of likely N-dealkylation sites (N-methyl/N-ethyl adjacent to an activating group) is 1. The van der Waals surface area contributed by atoms with E-state index in [1.807, 2.05) is 25.1 Å². The molecule has 5 heteroatoms. The van der Waals surface area contributed by atoms with Gasteiger partial charge in [-0.2, -0.15) is 0 Å². The highest BCUT2D eigenvalue weighted by atomic mass is 16.2. The van der Waals surface area contributed by atoms with Crippen molar-refractivity contribution in [3.05, 3.63) is 30.1 Å². The lowest BCUT2D eigenvalue weighted by Gasteiger charge is -2.41. The highest BCUT2D eigenvalue weighted by molar-refractivity contribution is 5.81. The van der Waals surface area contributed by atoms with Gasteiger partial charge in [-0.05, 0) is 38.4 Å². The molecule has 1 saturated heterocycles. The number of hydrogen-bond acceptors (Lipinski definition) is 4. The van der Waals surface area contributed by atoms with Gasteiger partial charge in [0.25, 0.3) is 0 Å². The van der Waals surface area contributed by atoms with Crippen molar-refractivity contribution in [1.29, 1.82) is 0 Å². The molecule has 0 spiro atoms. The van der Waals surface area contributed by atoms with Crippen molar-refractivity contribution in [3.63, 3.8) is 0 Å². The van der Waals surface area contributed by atoms with E-state index in [9.17, 15) is 4.79 Å². The molecule has 1 aromatic heterocycles. The van der Waals surface area contributed by atoms with Crippen LogP contribution < -0.4 is 11.1 Å². The molecule has 110 valence electrons. The lowest BCUT2D eigenvalue weighted by molar-refractivity contribution is -0.128. The van der Waals surface area contributed by atoms with E-state index in [2.05, 4.69) is 15.2 Å². The van der Waals surface area contributed by atoms with Crippen LogP contribution in [-0.2, 0) is 4.79 Å². The average Bonchev–Trinajstić information content (AvgIpc) is 2.48. The molecule has 1 fully saturated rings. The third-order valence-corrected chi connectivity index (χ3v) is 3.94. The molecule has 2 rings (SSSR count). The molecular weight excluding hydrogens is 252 g/mol. The Kier molecular flexibility index (Phi) is 5.09. The molecule has 1 amide bonds. The first-order valence-corrected chi connectivity index (χ1v) is 7.29. The first-order chi connectivity index (χ1) is 9.65. The molecule has 0 radical (unpaired) electrons. The summed E-state index contributed by atoms with van der Waals surface area (Å²) in [6, 6.07) is 5.66. The van der Waals surface area contributed by atoms with Crippen molar-refractivity contribution in [2.75, 3.05) is 13.6 Å². The summed E-state index contributed by atoms with van der Waals surface area (Å²) >= 11 is 0. The fraction of sp³-hybridized carbons (Fsp3) is 0.600. The zero-order valence-corrected chi connectivity index (χ0v) is 12.2. The van der Waals surface area contributed by atoms with Crippen LogP contribution >= 0.6 is 0 Å². The second kappa shape index (κ2) is 6.81. The summed E-state index contributed by atoms with van der Waals surface area (Å²) in [5.74, 6) is 0.0753. The minimum Gasteiger partial charge on any atom is -0.358 e. The minimum atomic E-state index is -0.105. The van der Waals surface area contributed by atoms with Crippen LogP contribution in [-0.4, -0.2) is 41.5 Å². The fourth-order valence-corrected chi connectivity index (χ4v) is 3.03. The fourth-order valence-electron chi connectivity index (χ4n) is 3.03. The van der Waals surface area contributed by atoms with E-state index in [0.29, 0.717) is 0 Å². The summed E-state index contributed by atoms with van der Waals surface area (Å²) in [5.41, 5.74) is 7.13. The Morgan fingerprint density at radius 1 is 1.50 bits per heavy atom. The Hall–Kier alpha value is -1.46. The summed E-state index contributed by atoms with van der Waals surface area (Å²) in [5, 5.41) is 2.77. The zero-order valence-electron chi connectivity index (χ0n) is 12.2. The summed E-state index contributed by atoms with van der Waals surface area (Å²) in [6.45, 7) is 2.87. The van der Waals surface area contributed by atoms with Crippen molar-refractivity contribution >= 4 is 5.91 Å². The summed E-state index contributed by atoms with van der Waals surface area (Å²) in [4.78, 5) is 18.8. The van der Waals surface area contributed by atoms with Crippen LogP contribution in [0.4, 0.5) is 0 Å². The summed E-state index contributed by atoms with van der Waals surface area (Å²) in [6.07, 6.45) is 4.85. The number of pyridine rings is 1. The highest BCUT2D eigenvalue weighted by Gasteiger charge is 2.35. The van der Waals surface area contributed by atoms with Crippen LogP contribution in [0.1, 0.15) is 37.9 Å². The Balaban J connectivity index is 2.29. The van der Waals surface area contributed by atoms with Gasteiger partial charge in [-0.1, -0.05) is 12.5 Å². The van der Waals surface area contributed by atoms with Crippen LogP contribution in [0.15, 0.2) is 24.4 Å². The molecule has 5 nitrogen and oxygen atoms in total. The monoisotopic (exact) mass is 276 g/mol. The normalized spacial score (nSPS) is 23.1. The number of likely N-dealkylation sites (tertiary alicyclic amines) is 1. The van der Waals surface area contributed by atoms with E-state index in [1.165, 1.54) is 0 Å². The third kappa shape index (κ3) is 3.16. The number of carbonyl (C=O) groups excluding carboxylic acids is 1. The summed E-state index contributed by atoms with van der Waals surface area (Å²) < 4.78 is 0. The maximum atomic E-state index is 12.1. The Bertz CT molecular complexity index is 435. The number of amides is 1. The number of nitrogens with two attached hydrogens (primary N) is 1. The van der Waals surface area contributed by atoms with Gasteiger partial charge in [-0.15, -0.1) is 0 Å². The molecule has 20 heavy (non-hydrogen) atoms. The minimum absolute atomic E-state index is 0.0150. The van der Waals surface area contributed by atoms with E-state index < -0.39 is 0 Å². The van der Waals surface area contributed by atoms with Crippen molar-refractivity contribution in [2.24, 2.45) is 5.73 Å². The van der Waals surface area contributed by atoms with Crippen molar-refractivity contribution in [2.45, 2.75) is 44.3 Å². The maximum Gasteiger partial charge on any atom is 0.237 e. The number of nitrogens with one attached hydrogen (secondary N) is 1. The van der Waals surface area contributed by atoms with Gasteiger partial charge in [-0.3, -0.25) is 14.7 Å². The number of aromatic nitrogens is 1. The van der Waals surface area contributed by atoms with Gasteiger partial charge in [0.15, 0.2) is 0 Å². The van der Waals surface area contributed by atoms with Crippen molar-refractivity contribution in [3.8, 4) is 0 Å². The predicted molar refractivity (Wildman–Crippen MR) is 79.0 cm³/mol. The Morgan fingerprint density at radius 3 is 2.90 bits per heavy atom. The lowest BCUT2D eigenvalue weighted by Crippen LogP contribution is -2.53. The molecule has 1 aromatic rings. The molecule has 3 unspecified atom stereocenters. The van der Waals surface area contributed by atoms with Crippen LogP contribution in [0, 0.1) is 0 Å². The van der Waals surface area contributed by atoms with Crippen LogP contribution in [0.2, 0.25) is 0 Å². The molecule has 1 aliphatic rings. The second-order valence-electron chi connectivity index (χ2n) is 5.42. The first kappa shape index (κ1) is 14.9. The van der Waals surface area contributed by atoms with Crippen LogP contribution in [0.25, 0.3) is 0 Å². The van der Waals surface area contributed by atoms with Gasteiger partial charge < -0.3 is 11.1 Å². The Labute approximate surface area is 120 Å². The van der Waals surface area contributed by atoms with E-state index >= 15 is 0 Å². The smallest absolute Gasteiger partial charge is 0.237 e. The lowest BCUT2D eigenvalue weighted by atomic mass is 9.94. The molecule has 3 N–H and O–H groups in total. The van der Waals surface area contributed by atoms with Crippen LogP contribution in [0.5, 0.6) is 0 Å². The van der Waals surface area contributed by atoms with E-state index in [1.54, 1.807) is 13.2 Å². The predicted octanol–water partition coefficient (Wildman–Crippen LogP) is 1.07. The number of hydrogen-bond donors (Lipinski definition) is 2. The van der Waals surface area contributed by atoms with E-state index in [4.69, 9.17) is 5.73 Å². The average molecular weight is 276 g/mol. The quantitative estimate of drug-likeness (QED) is 0.863. The summed E-state index contributed by atoms with van der Waals surface area (Å²) in [7, 11) is 1.69. The van der Waals surface area contributed by atoms with E-state index in [0.717, 1.165) is 31.5 Å². The van der Waals surface area contributed by atoms with Gasteiger partial charge in [0, 0.05) is 19.3 Å². The zero-order chi connectivity index (χ0) is 14.5. The Morgan fingerprint density at radius 2 is 2.30 bits per heavy atom. The van der Waals surface area contributed by atoms with Gasteiger partial charge in [0.05, 0.1) is 17.8 Å². The molecule has 0 aromatic carbocycles. The highest BCUT2D eigenvalue weighted by Crippen LogP contribution is 2.29. The van der Waals surface area contributed by atoms with Gasteiger partial charge in [0.1, 0.15) is 0 Å². The maximum absolute atomic E-state index is 12.1. The number of rotatable bonds is 4. The molecule has 1 aliphatic heterocycles. The molecule has 2 heterocycles. The molecular formula is C15H24N4O. The van der Waals surface area contributed by atoms with Gasteiger partial charge in [-0.25, -0.2) is 0 Å². The largest absolute Gasteiger partial charge is 0.358 e. The molecule has 3 atom stereocenters. The second-order valence-corrected chi connectivity index (χ2v) is 5.42. The molecule has 0 saturated carbocycles. The number of piperidine rings is 1. The first-order valence-electron chi connectivity index (χ1n) is 7.29. The van der Waals surface area contributed by atoms with E-state index in [-0.39, 0.29) is 24.0 Å². The van der Waals surface area contributed by atoms with Crippen molar-refractivity contribution in [1.82, 2.24) is 15.2 Å². The number of carbonyl (C=O) groups is 1. The standard InChI is InChI=1S/C15H24N4O/c1-11(16)14(12-7-3-5-9-18-12)19-10-6-4-8-13(19)15(20)17-2/h3,5,7,9,11,13-14H,4,6,8,10,16H2,1-2H3,(H,17,20). The van der Waals surface area contributed by atoms with Gasteiger partial charge >= 0.3 is 0 Å². The molecule has 0 aliphatic carbocycles. The molecule has 0 bridgehead atoms. The van der Waals surface area contributed by atoms with Crippen LogP contribution in [0.3, 0.4) is 0 Å². The van der Waals surface area contributed by atoms with Gasteiger partial charge in [0.2, 0.25) is 5.91 Å². The van der Waals surface area contributed by atoms with Crippen molar-refractivity contribution < 1.29 is 4.79 Å². The number of nitrogens with zero attached hydrogens (tertiary/aromatic N) is 2. The topological polar surface area (TPSA) is 71.2 Å². The third-order valence-electron chi connectivity index (χ3n) is 3.94.